The number of rotatable bonds is 3. The van der Waals surface area contributed by atoms with Crippen LogP contribution in [0, 0.1) is 3.57 Å². The first-order chi connectivity index (χ1) is 12.3. The third kappa shape index (κ3) is 6.12. The maximum Gasteiger partial charge on any atom is 0.466 e. The van der Waals surface area contributed by atoms with E-state index < -0.39 is 29.0 Å². The highest BCUT2D eigenvalue weighted by Gasteiger charge is 2.13. The van der Waals surface area contributed by atoms with E-state index in [9.17, 15) is 8.18 Å². The van der Waals surface area contributed by atoms with Gasteiger partial charge in [-0.15, -0.1) is 0 Å². The van der Waals surface area contributed by atoms with Crippen LogP contribution in [0.5, 0.6) is 5.75 Å². The molecule has 8 heteroatoms. The van der Waals surface area contributed by atoms with Gasteiger partial charge >= 0.3 is 7.82 Å². The van der Waals surface area contributed by atoms with Gasteiger partial charge in [0.1, 0.15) is 5.75 Å². The normalized spacial score (nSPS) is 10.7. The minimum Gasteiger partial charge on any atom is -0.507 e. The van der Waals surface area contributed by atoms with E-state index in [0.29, 0.717) is 3.57 Å². The van der Waals surface area contributed by atoms with Crippen LogP contribution >= 0.6 is 29.0 Å². The number of phosphoric acid groups is 1. The number of phenols is 1. The van der Waals surface area contributed by atoms with Crippen molar-refractivity contribution < 1.29 is 27.4 Å². The smallest absolute Gasteiger partial charge is 0.466 e. The Morgan fingerprint density at radius 2 is 1.19 bits per heavy atom. The molecule has 136 valence electrons. The van der Waals surface area contributed by atoms with E-state index >= 15 is 0 Å². The van der Waals surface area contributed by atoms with Crippen LogP contribution in [0.25, 0.3) is 22.3 Å². The molecule has 0 amide bonds. The van der Waals surface area contributed by atoms with Crippen molar-refractivity contribution in [3.8, 4) is 28.0 Å². The van der Waals surface area contributed by atoms with Gasteiger partial charge in [-0.3, -0.25) is 3.07 Å². The lowest BCUT2D eigenvalue weighted by Gasteiger charge is -2.10. The molecule has 0 aromatic heterocycles. The van der Waals surface area contributed by atoms with E-state index in [1.165, 1.54) is 0 Å². The van der Waals surface area contributed by atoms with Gasteiger partial charge in [0.05, 0.1) is 3.57 Å². The first kappa shape index (κ1) is 20.4. The van der Waals surface area contributed by atoms with Crippen LogP contribution in [0.3, 0.4) is 0 Å². The molecule has 3 aromatic rings. The highest BCUT2D eigenvalue weighted by Crippen LogP contribution is 2.37. The molecule has 0 radical (unpaired) electrons. The molecular weight excluding hydrogens is 470 g/mol. The summed E-state index contributed by atoms with van der Waals surface area (Å²) in [5, 5.41) is 10.2. The fourth-order valence-electron chi connectivity index (χ4n) is 2.32. The van der Waals surface area contributed by atoms with Gasteiger partial charge in [-0.25, -0.2) is 4.57 Å². The lowest BCUT2D eigenvalue weighted by atomic mass is 9.98. The van der Waals surface area contributed by atoms with Gasteiger partial charge in [0.25, 0.3) is 0 Å². The molecule has 0 aliphatic rings. The number of hydrogen-bond acceptors (Lipinski definition) is 3. The summed E-state index contributed by atoms with van der Waals surface area (Å²) in [5.41, 5.74) is 3.77. The average Bonchev–Trinajstić information content (AvgIpc) is 2.61. The Morgan fingerprint density at radius 1 is 0.731 bits per heavy atom. The van der Waals surface area contributed by atoms with Gasteiger partial charge in [0.2, 0.25) is 0 Å². The molecule has 26 heavy (non-hydrogen) atoms. The van der Waals surface area contributed by atoms with Crippen LogP contribution in [0.1, 0.15) is 0 Å². The quantitative estimate of drug-likeness (QED) is 0.325. The van der Waals surface area contributed by atoms with E-state index in [4.69, 9.17) is 19.2 Å². The second-order valence-corrected chi connectivity index (χ2v) is 7.73. The number of benzene rings is 3. The van der Waals surface area contributed by atoms with E-state index in [2.05, 4.69) is 0 Å². The van der Waals surface area contributed by atoms with Crippen LogP contribution in [0.2, 0.25) is 0 Å². The van der Waals surface area contributed by atoms with Crippen LogP contribution in [-0.2, 0) is 7.63 Å². The fourth-order valence-corrected chi connectivity index (χ4v) is 3.40. The first-order valence-electron chi connectivity index (χ1n) is 7.33. The lowest BCUT2D eigenvalue weighted by molar-refractivity contribution is 0.275. The molecule has 6 nitrogen and oxygen atoms in total. The average molecular weight is 486 g/mol. The summed E-state index contributed by atoms with van der Waals surface area (Å²) in [6.45, 7) is 0. The fraction of sp³-hybridized carbons (Fsp3) is 0. The van der Waals surface area contributed by atoms with Crippen LogP contribution in [0.15, 0.2) is 72.8 Å². The highest BCUT2D eigenvalue weighted by atomic mass is 127. The Morgan fingerprint density at radius 3 is 1.65 bits per heavy atom. The molecule has 0 unspecified atom stereocenters. The Hall–Kier alpha value is -1.90. The molecule has 3 rings (SSSR count). The summed E-state index contributed by atoms with van der Waals surface area (Å²) in [7, 11) is -4.64. The Labute approximate surface area is 160 Å². The number of phenolic OH excluding ortho intramolecular Hbond substituents is 1. The number of aromatic hydroxyl groups is 1. The molecule has 0 aliphatic carbocycles. The van der Waals surface area contributed by atoms with Crippen molar-refractivity contribution in [1.29, 1.82) is 0 Å². The number of hydrogen-bond donors (Lipinski definition) is 4. The molecule has 0 saturated carbocycles. The standard InChI is InChI=1S/C18H13IO2.H3O4P/c20-17-12-15(13-7-3-1-4-8-13)11-16(18(17)19-21)14-9-5-2-6-10-14;1-5(2,3)4/h1-12,20H;(H3,1,2,3,4). The number of halogens is 1. The Balaban J connectivity index is 0.000000431. The molecule has 0 heterocycles. The zero-order valence-corrected chi connectivity index (χ0v) is 16.4. The minimum atomic E-state index is -4.64. The van der Waals surface area contributed by atoms with Gasteiger partial charge in [-0.1, -0.05) is 60.7 Å². The maximum atomic E-state index is 11.5. The van der Waals surface area contributed by atoms with Crippen LogP contribution in [0.4, 0.5) is 0 Å². The van der Waals surface area contributed by atoms with Crippen molar-refractivity contribution >= 4 is 29.0 Å². The zero-order valence-electron chi connectivity index (χ0n) is 13.4. The minimum absolute atomic E-state index is 0.109. The molecule has 3 aromatic carbocycles. The second kappa shape index (κ2) is 9.16. The van der Waals surface area contributed by atoms with Gasteiger partial charge in [-0.05, 0) is 28.8 Å². The predicted octanol–water partition coefficient (Wildman–Crippen LogP) is 4.28. The Kier molecular flexibility index (Phi) is 7.19. The molecule has 0 aliphatic heterocycles. The third-order valence-electron chi connectivity index (χ3n) is 3.32. The summed E-state index contributed by atoms with van der Waals surface area (Å²) in [4.78, 5) is 21.6. The van der Waals surface area contributed by atoms with Gasteiger partial charge < -0.3 is 19.8 Å². The molecule has 0 atom stereocenters. The SMILES string of the molecule is O=Ic1c(O)cc(-c2ccccc2)cc1-c1ccccc1.O=P(O)(O)O. The molecule has 0 saturated heterocycles. The summed E-state index contributed by atoms with van der Waals surface area (Å²) in [6.07, 6.45) is 0. The lowest BCUT2D eigenvalue weighted by Crippen LogP contribution is -1.87. The predicted molar refractivity (Wildman–Crippen MR) is 107 cm³/mol. The molecule has 0 spiro atoms. The summed E-state index contributed by atoms with van der Waals surface area (Å²) < 4.78 is 21.0. The molecule has 0 fully saturated rings. The molecular formula is C18H16IO6P. The van der Waals surface area contributed by atoms with Gasteiger partial charge in [-0.2, -0.15) is 0 Å². The monoisotopic (exact) mass is 486 g/mol. The van der Waals surface area contributed by atoms with Crippen LogP contribution < -0.4 is 0 Å². The van der Waals surface area contributed by atoms with Gasteiger partial charge in [0, 0.05) is 5.56 Å². The summed E-state index contributed by atoms with van der Waals surface area (Å²) in [5.74, 6) is 0.109. The molecule has 4 N–H and O–H groups in total. The van der Waals surface area contributed by atoms with E-state index in [1.807, 2.05) is 66.7 Å². The van der Waals surface area contributed by atoms with Gasteiger partial charge in [0.15, 0.2) is 21.2 Å². The van der Waals surface area contributed by atoms with Crippen molar-refractivity contribution in [2.45, 2.75) is 0 Å². The second-order valence-electron chi connectivity index (χ2n) is 5.18. The van der Waals surface area contributed by atoms with Crippen molar-refractivity contribution in [2.75, 3.05) is 0 Å². The van der Waals surface area contributed by atoms with E-state index in [0.717, 1.165) is 22.3 Å². The van der Waals surface area contributed by atoms with Crippen molar-refractivity contribution in [3.05, 3.63) is 76.4 Å². The zero-order chi connectivity index (χ0) is 19.2. The van der Waals surface area contributed by atoms with Crippen LogP contribution in [-0.4, -0.2) is 19.8 Å². The maximum absolute atomic E-state index is 11.5. The summed E-state index contributed by atoms with van der Waals surface area (Å²) in [6, 6.07) is 23.3. The van der Waals surface area contributed by atoms with Crippen molar-refractivity contribution in [2.24, 2.45) is 0 Å². The third-order valence-corrected chi connectivity index (χ3v) is 4.90. The topological polar surface area (TPSA) is 115 Å². The first-order valence-corrected chi connectivity index (χ1v) is 10.9. The Bertz CT molecular complexity index is 917. The summed E-state index contributed by atoms with van der Waals surface area (Å²) >= 11 is -1.44. The van der Waals surface area contributed by atoms with E-state index in [-0.39, 0.29) is 5.75 Å². The van der Waals surface area contributed by atoms with E-state index in [1.54, 1.807) is 6.07 Å². The highest BCUT2D eigenvalue weighted by molar-refractivity contribution is 14.1. The largest absolute Gasteiger partial charge is 0.507 e. The van der Waals surface area contributed by atoms with Crippen molar-refractivity contribution in [1.82, 2.24) is 0 Å². The molecule has 0 bridgehead atoms. The van der Waals surface area contributed by atoms with Crippen molar-refractivity contribution in [3.63, 3.8) is 0 Å².